The lowest BCUT2D eigenvalue weighted by molar-refractivity contribution is -0.138. The maximum atomic E-state index is 12.7. The number of hydrogen-bond acceptors (Lipinski definition) is 4. The Balaban J connectivity index is 1.86. The number of ether oxygens (including phenoxy) is 1. The third-order valence-corrected chi connectivity index (χ3v) is 4.31. The number of nitrogens with zero attached hydrogens (tertiary/aromatic N) is 1. The fourth-order valence-corrected chi connectivity index (χ4v) is 2.93. The molecule has 0 saturated carbocycles. The molecular weight excluding hydrogens is 354 g/mol. The van der Waals surface area contributed by atoms with Crippen LogP contribution >= 0.6 is 11.6 Å². The molecule has 2 aromatic carbocycles. The van der Waals surface area contributed by atoms with Gasteiger partial charge in [-0.15, -0.1) is 0 Å². The van der Waals surface area contributed by atoms with E-state index >= 15 is 0 Å². The Labute approximate surface area is 156 Å². The fourth-order valence-electron chi connectivity index (χ4n) is 2.74. The van der Waals surface area contributed by atoms with Crippen LogP contribution in [0.2, 0.25) is 5.02 Å². The third-order valence-electron chi connectivity index (χ3n) is 3.94. The summed E-state index contributed by atoms with van der Waals surface area (Å²) >= 11 is 6.11. The molecule has 26 heavy (non-hydrogen) atoms. The summed E-state index contributed by atoms with van der Waals surface area (Å²) in [7, 11) is 0. The molecule has 134 valence electrons. The zero-order valence-electron chi connectivity index (χ0n) is 14.4. The predicted octanol–water partition coefficient (Wildman–Crippen LogP) is 3.97. The van der Waals surface area contributed by atoms with Gasteiger partial charge in [0.25, 0.3) is 11.8 Å². The molecule has 3 rings (SSSR count). The van der Waals surface area contributed by atoms with E-state index in [1.54, 1.807) is 48.5 Å². The lowest BCUT2D eigenvalue weighted by atomic mass is 10.1. The molecule has 0 unspecified atom stereocenters. The molecule has 0 atom stereocenters. The van der Waals surface area contributed by atoms with Gasteiger partial charge >= 0.3 is 0 Å². The van der Waals surface area contributed by atoms with E-state index < -0.39 is 17.6 Å². The average molecular weight is 372 g/mol. The van der Waals surface area contributed by atoms with Crippen molar-refractivity contribution < 1.29 is 19.4 Å². The molecule has 2 aromatic rings. The van der Waals surface area contributed by atoms with Gasteiger partial charge in [-0.3, -0.25) is 14.5 Å². The van der Waals surface area contributed by atoms with Crippen molar-refractivity contribution in [3.8, 4) is 5.75 Å². The lowest BCUT2D eigenvalue weighted by Crippen LogP contribution is -2.31. The minimum absolute atomic E-state index is 0.000551. The summed E-state index contributed by atoms with van der Waals surface area (Å²) in [5.41, 5.74) is 1.07. The van der Waals surface area contributed by atoms with Crippen molar-refractivity contribution in [2.75, 3.05) is 0 Å². The Morgan fingerprint density at radius 2 is 1.69 bits per heavy atom. The van der Waals surface area contributed by atoms with E-state index in [4.69, 9.17) is 16.3 Å². The summed E-state index contributed by atoms with van der Waals surface area (Å²) in [5.74, 6) is -1.19. The van der Waals surface area contributed by atoms with Crippen LogP contribution in [0.4, 0.5) is 0 Å². The lowest BCUT2D eigenvalue weighted by Gasteiger charge is -2.15. The first-order valence-electron chi connectivity index (χ1n) is 8.18. The van der Waals surface area contributed by atoms with Crippen LogP contribution in [0.1, 0.15) is 25.0 Å². The number of benzene rings is 2. The van der Waals surface area contributed by atoms with Crippen molar-refractivity contribution in [2.45, 2.75) is 26.5 Å². The monoisotopic (exact) mass is 371 g/mol. The van der Waals surface area contributed by atoms with Crippen molar-refractivity contribution >= 4 is 29.0 Å². The minimum Gasteiger partial charge on any atom is -0.502 e. The molecule has 6 heteroatoms. The summed E-state index contributed by atoms with van der Waals surface area (Å²) in [4.78, 5) is 26.1. The van der Waals surface area contributed by atoms with Gasteiger partial charge in [0.1, 0.15) is 5.75 Å². The summed E-state index contributed by atoms with van der Waals surface area (Å²) in [6, 6.07) is 13.6. The fraction of sp³-hybridized carbons (Fsp3) is 0.200. The first-order chi connectivity index (χ1) is 12.4. The van der Waals surface area contributed by atoms with Crippen LogP contribution in [0.3, 0.4) is 0 Å². The molecule has 0 bridgehead atoms. The summed E-state index contributed by atoms with van der Waals surface area (Å²) in [6.07, 6.45) is 0.0225. The van der Waals surface area contributed by atoms with E-state index in [1.807, 2.05) is 13.8 Å². The zero-order valence-corrected chi connectivity index (χ0v) is 15.2. The van der Waals surface area contributed by atoms with Gasteiger partial charge in [-0.05, 0) is 43.2 Å². The molecule has 1 heterocycles. The van der Waals surface area contributed by atoms with Gasteiger partial charge in [0.05, 0.1) is 18.2 Å². The van der Waals surface area contributed by atoms with Crippen LogP contribution in [0.15, 0.2) is 54.3 Å². The molecule has 1 aliphatic rings. The van der Waals surface area contributed by atoms with Gasteiger partial charge in [0.2, 0.25) is 0 Å². The third kappa shape index (κ3) is 3.44. The number of halogens is 1. The highest BCUT2D eigenvalue weighted by molar-refractivity contribution is 6.35. The molecule has 0 saturated heterocycles. The van der Waals surface area contributed by atoms with Crippen molar-refractivity contribution in [3.63, 3.8) is 0 Å². The van der Waals surface area contributed by atoms with Gasteiger partial charge in [0, 0.05) is 5.02 Å². The van der Waals surface area contributed by atoms with Crippen molar-refractivity contribution in [2.24, 2.45) is 0 Å². The van der Waals surface area contributed by atoms with Crippen molar-refractivity contribution in [1.82, 2.24) is 4.90 Å². The molecule has 1 aliphatic heterocycles. The van der Waals surface area contributed by atoms with E-state index in [1.165, 1.54) is 0 Å². The molecule has 5 nitrogen and oxygen atoms in total. The number of imide groups is 1. The standard InChI is InChI=1S/C20H18ClNO4/c1-12(2)26-15-9-7-13(8-10-15)17-18(23)20(25)22(19(17)24)11-14-5-3-4-6-16(14)21/h3-10,12,23H,11H2,1-2H3. The van der Waals surface area contributed by atoms with Gasteiger partial charge in [-0.1, -0.05) is 41.9 Å². The molecule has 0 fully saturated rings. The Morgan fingerprint density at radius 1 is 1.04 bits per heavy atom. The van der Waals surface area contributed by atoms with Crippen LogP contribution in [-0.2, 0) is 16.1 Å². The van der Waals surface area contributed by atoms with Gasteiger partial charge < -0.3 is 9.84 Å². The van der Waals surface area contributed by atoms with Crippen LogP contribution in [-0.4, -0.2) is 27.9 Å². The van der Waals surface area contributed by atoms with Crippen LogP contribution < -0.4 is 4.74 Å². The average Bonchev–Trinajstić information content (AvgIpc) is 2.81. The number of aliphatic hydroxyl groups excluding tert-OH is 1. The van der Waals surface area contributed by atoms with E-state index in [0.717, 1.165) is 4.90 Å². The number of carbonyl (C=O) groups excluding carboxylic acids is 2. The normalized spacial score (nSPS) is 14.5. The highest BCUT2D eigenvalue weighted by Gasteiger charge is 2.39. The first kappa shape index (κ1) is 18.0. The van der Waals surface area contributed by atoms with Gasteiger partial charge in [-0.25, -0.2) is 0 Å². The molecular formula is C20H18ClNO4. The minimum atomic E-state index is -0.729. The SMILES string of the molecule is CC(C)Oc1ccc(C2=C(O)C(=O)N(Cc3ccccc3Cl)C2=O)cc1. The van der Waals surface area contributed by atoms with E-state index in [0.29, 0.717) is 21.9 Å². The van der Waals surface area contributed by atoms with E-state index in [2.05, 4.69) is 0 Å². The quantitative estimate of drug-likeness (QED) is 0.808. The molecule has 0 aromatic heterocycles. The Kier molecular flexibility index (Phi) is 5.00. The van der Waals surface area contributed by atoms with E-state index in [-0.39, 0.29) is 18.2 Å². The van der Waals surface area contributed by atoms with Crippen molar-refractivity contribution in [3.05, 3.63) is 70.4 Å². The summed E-state index contributed by atoms with van der Waals surface area (Å²) in [5, 5.41) is 10.7. The van der Waals surface area contributed by atoms with Crippen LogP contribution in [0.5, 0.6) is 5.75 Å². The second-order valence-corrected chi connectivity index (χ2v) is 6.61. The highest BCUT2D eigenvalue weighted by Crippen LogP contribution is 2.31. The van der Waals surface area contributed by atoms with Crippen LogP contribution in [0, 0.1) is 0 Å². The zero-order chi connectivity index (χ0) is 18.8. The van der Waals surface area contributed by atoms with E-state index in [9.17, 15) is 14.7 Å². The topological polar surface area (TPSA) is 66.8 Å². The first-order valence-corrected chi connectivity index (χ1v) is 8.56. The Bertz CT molecular complexity index is 887. The number of aliphatic hydroxyl groups is 1. The molecule has 1 N–H and O–H groups in total. The molecule has 0 radical (unpaired) electrons. The molecule has 0 aliphatic carbocycles. The van der Waals surface area contributed by atoms with Crippen molar-refractivity contribution in [1.29, 1.82) is 0 Å². The molecule has 2 amide bonds. The smallest absolute Gasteiger partial charge is 0.296 e. The highest BCUT2D eigenvalue weighted by atomic mass is 35.5. The number of amides is 2. The number of hydrogen-bond donors (Lipinski definition) is 1. The number of carbonyl (C=O) groups is 2. The summed E-state index contributed by atoms with van der Waals surface area (Å²) < 4.78 is 5.56. The molecule has 0 spiro atoms. The van der Waals surface area contributed by atoms with Gasteiger partial charge in [-0.2, -0.15) is 0 Å². The Hall–Kier alpha value is -2.79. The largest absolute Gasteiger partial charge is 0.502 e. The van der Waals surface area contributed by atoms with Crippen LogP contribution in [0.25, 0.3) is 5.57 Å². The van der Waals surface area contributed by atoms with Gasteiger partial charge in [0.15, 0.2) is 5.76 Å². The second-order valence-electron chi connectivity index (χ2n) is 6.20. The Morgan fingerprint density at radius 3 is 2.31 bits per heavy atom. The number of rotatable bonds is 5. The second kappa shape index (κ2) is 7.22. The maximum Gasteiger partial charge on any atom is 0.296 e. The summed E-state index contributed by atoms with van der Waals surface area (Å²) in [6.45, 7) is 3.82. The predicted molar refractivity (Wildman–Crippen MR) is 98.8 cm³/mol. The maximum absolute atomic E-state index is 12.7.